The maximum Gasteiger partial charge on any atom is 0.227 e. The number of nitrogens with one attached hydrogen (secondary N) is 1. The lowest BCUT2D eigenvalue weighted by molar-refractivity contribution is 0.450. The number of rotatable bonds is 4. The van der Waals surface area contributed by atoms with Crippen molar-refractivity contribution in [3.05, 3.63) is 40.4 Å². The van der Waals surface area contributed by atoms with E-state index in [1.165, 1.54) is 18.5 Å². The summed E-state index contributed by atoms with van der Waals surface area (Å²) in [5.74, 6) is 1.12. The molecule has 0 amide bonds. The van der Waals surface area contributed by atoms with Gasteiger partial charge in [0.2, 0.25) is 5.88 Å². The fraction of sp³-hybridized carbons (Fsp3) is 0.231. The number of hydrogen-bond acceptors (Lipinski definition) is 4. The molecule has 2 aromatic rings. The first kappa shape index (κ1) is 13.7. The van der Waals surface area contributed by atoms with E-state index in [2.05, 4.69) is 31.2 Å². The van der Waals surface area contributed by atoms with Gasteiger partial charge < -0.3 is 10.1 Å². The van der Waals surface area contributed by atoms with Crippen LogP contribution in [0.2, 0.25) is 0 Å². The van der Waals surface area contributed by atoms with Crippen molar-refractivity contribution < 1.29 is 9.13 Å². The Labute approximate surface area is 119 Å². The van der Waals surface area contributed by atoms with Gasteiger partial charge in [-0.25, -0.2) is 14.4 Å². The number of benzene rings is 1. The van der Waals surface area contributed by atoms with Crippen LogP contribution in [0.15, 0.2) is 29.0 Å². The predicted molar refractivity (Wildman–Crippen MR) is 75.1 cm³/mol. The first-order valence-electron chi connectivity index (χ1n) is 5.80. The molecule has 0 saturated carbocycles. The van der Waals surface area contributed by atoms with Crippen LogP contribution >= 0.6 is 15.9 Å². The van der Waals surface area contributed by atoms with Gasteiger partial charge in [0.1, 0.15) is 23.7 Å². The lowest BCUT2D eigenvalue weighted by Crippen LogP contribution is -2.04. The lowest BCUT2D eigenvalue weighted by Gasteiger charge is -2.12. The lowest BCUT2D eigenvalue weighted by atomic mass is 10.3. The highest BCUT2D eigenvalue weighted by Crippen LogP contribution is 2.31. The molecule has 0 saturated heterocycles. The van der Waals surface area contributed by atoms with Gasteiger partial charge in [0.15, 0.2) is 0 Å². The molecule has 1 aromatic heterocycles. The average molecular weight is 326 g/mol. The number of anilines is 1. The summed E-state index contributed by atoms with van der Waals surface area (Å²) >= 11 is 3.31. The van der Waals surface area contributed by atoms with E-state index in [4.69, 9.17) is 4.74 Å². The van der Waals surface area contributed by atoms with E-state index in [1.54, 1.807) is 6.07 Å². The van der Waals surface area contributed by atoms with Crippen LogP contribution in [0.1, 0.15) is 12.5 Å². The summed E-state index contributed by atoms with van der Waals surface area (Å²) in [7, 11) is 0. The van der Waals surface area contributed by atoms with Crippen LogP contribution < -0.4 is 10.1 Å². The Morgan fingerprint density at radius 3 is 2.89 bits per heavy atom. The quantitative estimate of drug-likeness (QED) is 0.925. The smallest absolute Gasteiger partial charge is 0.227 e. The molecular formula is C13H13BrFN3O. The fourth-order valence-electron chi connectivity index (χ4n) is 1.54. The zero-order valence-electron chi connectivity index (χ0n) is 10.6. The van der Waals surface area contributed by atoms with Crippen molar-refractivity contribution in [3.8, 4) is 11.6 Å². The number of ether oxygens (including phenoxy) is 1. The third kappa shape index (κ3) is 3.20. The van der Waals surface area contributed by atoms with Crippen molar-refractivity contribution in [1.82, 2.24) is 9.97 Å². The summed E-state index contributed by atoms with van der Waals surface area (Å²) in [6.45, 7) is 4.58. The minimum absolute atomic E-state index is 0.364. The van der Waals surface area contributed by atoms with Gasteiger partial charge in [-0.2, -0.15) is 0 Å². The third-order valence-corrected chi connectivity index (χ3v) is 3.14. The van der Waals surface area contributed by atoms with Gasteiger partial charge in [-0.15, -0.1) is 0 Å². The number of halogens is 2. The number of hydrogen-bond donors (Lipinski definition) is 1. The Bertz CT molecular complexity index is 592. The Morgan fingerprint density at radius 1 is 1.37 bits per heavy atom. The van der Waals surface area contributed by atoms with Crippen molar-refractivity contribution in [2.24, 2.45) is 0 Å². The molecule has 0 unspecified atom stereocenters. The standard InChI is InChI=1S/C13H13BrFN3O/c1-3-16-12-8(2)13(18-7-17-12)19-11-6-9(15)4-5-10(11)14/h4-7H,3H2,1-2H3,(H,16,17,18). The maximum atomic E-state index is 13.2. The van der Waals surface area contributed by atoms with Gasteiger partial charge in [0.25, 0.3) is 0 Å². The maximum absolute atomic E-state index is 13.2. The molecule has 19 heavy (non-hydrogen) atoms. The summed E-state index contributed by atoms with van der Waals surface area (Å²) < 4.78 is 19.5. The van der Waals surface area contributed by atoms with Crippen molar-refractivity contribution in [2.45, 2.75) is 13.8 Å². The van der Waals surface area contributed by atoms with Crippen LogP contribution in [0.3, 0.4) is 0 Å². The van der Waals surface area contributed by atoms with Gasteiger partial charge in [-0.1, -0.05) is 0 Å². The highest BCUT2D eigenvalue weighted by atomic mass is 79.9. The van der Waals surface area contributed by atoms with Crippen molar-refractivity contribution in [1.29, 1.82) is 0 Å². The summed E-state index contributed by atoms with van der Waals surface area (Å²) in [6.07, 6.45) is 1.41. The molecule has 0 spiro atoms. The first-order chi connectivity index (χ1) is 9.11. The van der Waals surface area contributed by atoms with Crippen LogP contribution in [0.25, 0.3) is 0 Å². The molecule has 0 atom stereocenters. The molecule has 0 aliphatic rings. The second kappa shape index (κ2) is 5.97. The van der Waals surface area contributed by atoms with Crippen LogP contribution in [0.5, 0.6) is 11.6 Å². The largest absolute Gasteiger partial charge is 0.437 e. The first-order valence-corrected chi connectivity index (χ1v) is 6.59. The Morgan fingerprint density at radius 2 is 2.16 bits per heavy atom. The van der Waals surface area contributed by atoms with Crippen LogP contribution in [-0.2, 0) is 0 Å². The molecule has 0 radical (unpaired) electrons. The number of nitrogens with zero attached hydrogens (tertiary/aromatic N) is 2. The summed E-state index contributed by atoms with van der Waals surface area (Å²) in [4.78, 5) is 8.19. The topological polar surface area (TPSA) is 47.0 Å². The highest BCUT2D eigenvalue weighted by molar-refractivity contribution is 9.10. The molecule has 1 heterocycles. The van der Waals surface area contributed by atoms with Crippen molar-refractivity contribution in [2.75, 3.05) is 11.9 Å². The minimum atomic E-state index is -0.364. The molecule has 0 aliphatic heterocycles. The monoisotopic (exact) mass is 325 g/mol. The fourth-order valence-corrected chi connectivity index (χ4v) is 1.87. The van der Waals surface area contributed by atoms with Gasteiger partial charge in [-0.3, -0.25) is 0 Å². The molecule has 0 bridgehead atoms. The van der Waals surface area contributed by atoms with Crippen LogP contribution in [0, 0.1) is 12.7 Å². The van der Waals surface area contributed by atoms with Gasteiger partial charge >= 0.3 is 0 Å². The van der Waals surface area contributed by atoms with Gasteiger partial charge in [0.05, 0.1) is 10.0 Å². The molecule has 0 aliphatic carbocycles. The van der Waals surface area contributed by atoms with Crippen molar-refractivity contribution in [3.63, 3.8) is 0 Å². The molecule has 2 rings (SSSR count). The number of aromatic nitrogens is 2. The van der Waals surface area contributed by atoms with E-state index >= 15 is 0 Å². The van der Waals surface area contributed by atoms with Crippen LogP contribution in [0.4, 0.5) is 10.2 Å². The Kier molecular flexibility index (Phi) is 4.31. The highest BCUT2D eigenvalue weighted by Gasteiger charge is 2.11. The van der Waals surface area contributed by atoms with E-state index in [-0.39, 0.29) is 5.82 Å². The third-order valence-electron chi connectivity index (χ3n) is 2.48. The van der Waals surface area contributed by atoms with Gasteiger partial charge in [0, 0.05) is 12.6 Å². The molecular weight excluding hydrogens is 313 g/mol. The van der Waals surface area contributed by atoms with E-state index in [0.717, 1.165) is 12.1 Å². The van der Waals surface area contributed by atoms with Gasteiger partial charge in [-0.05, 0) is 41.9 Å². The van der Waals surface area contributed by atoms with E-state index in [0.29, 0.717) is 21.9 Å². The minimum Gasteiger partial charge on any atom is -0.437 e. The summed E-state index contributed by atoms with van der Waals surface area (Å²) in [5.41, 5.74) is 0.778. The molecule has 0 fully saturated rings. The molecule has 1 aromatic carbocycles. The van der Waals surface area contributed by atoms with E-state index in [1.807, 2.05) is 13.8 Å². The normalized spacial score (nSPS) is 10.3. The zero-order chi connectivity index (χ0) is 13.8. The Hall–Kier alpha value is -1.69. The van der Waals surface area contributed by atoms with E-state index < -0.39 is 0 Å². The summed E-state index contributed by atoms with van der Waals surface area (Å²) in [5, 5.41) is 3.11. The second-order valence-corrected chi connectivity index (χ2v) is 4.71. The molecule has 6 heteroatoms. The van der Waals surface area contributed by atoms with Crippen LogP contribution in [-0.4, -0.2) is 16.5 Å². The Balaban J connectivity index is 2.33. The second-order valence-electron chi connectivity index (χ2n) is 3.86. The molecule has 1 N–H and O–H groups in total. The summed E-state index contributed by atoms with van der Waals surface area (Å²) in [6, 6.07) is 4.25. The predicted octanol–water partition coefficient (Wildman–Crippen LogP) is 3.91. The average Bonchev–Trinajstić information content (AvgIpc) is 2.39. The SMILES string of the molecule is CCNc1ncnc(Oc2cc(F)ccc2Br)c1C. The van der Waals surface area contributed by atoms with E-state index in [9.17, 15) is 4.39 Å². The molecule has 100 valence electrons. The van der Waals surface area contributed by atoms with Crippen molar-refractivity contribution >= 4 is 21.7 Å². The zero-order valence-corrected chi connectivity index (χ0v) is 12.2. The molecule has 4 nitrogen and oxygen atoms in total.